The zero-order chi connectivity index (χ0) is 13.8. The highest BCUT2D eigenvalue weighted by Crippen LogP contribution is 2.26. The zero-order valence-electron chi connectivity index (χ0n) is 10.3. The lowest BCUT2D eigenvalue weighted by Gasteiger charge is -2.16. The summed E-state index contributed by atoms with van der Waals surface area (Å²) >= 11 is 5.81. The Labute approximate surface area is 115 Å². The van der Waals surface area contributed by atoms with Crippen LogP contribution in [0.15, 0.2) is 18.2 Å². The Morgan fingerprint density at radius 1 is 1.32 bits per heavy atom. The van der Waals surface area contributed by atoms with Gasteiger partial charge in [-0.1, -0.05) is 17.7 Å². The fraction of sp³-hybridized carbons (Fsp3) is 0.385. The number of hydrogen-bond acceptors (Lipinski definition) is 3. The monoisotopic (exact) mass is 283 g/mol. The molecule has 0 saturated carbocycles. The summed E-state index contributed by atoms with van der Waals surface area (Å²) in [6.45, 7) is 1.31. The Kier molecular flexibility index (Phi) is 4.27. The number of ether oxygens (including phenoxy) is 1. The molecule has 1 heterocycles. The Balaban J connectivity index is 2.05. The highest BCUT2D eigenvalue weighted by atomic mass is 35.5. The summed E-state index contributed by atoms with van der Waals surface area (Å²) in [4.78, 5) is 24.6. The van der Waals surface area contributed by atoms with Crippen molar-refractivity contribution in [2.45, 2.75) is 12.8 Å². The minimum absolute atomic E-state index is 0.0959. The summed E-state index contributed by atoms with van der Waals surface area (Å²) in [7, 11) is 0. The quantitative estimate of drug-likeness (QED) is 0.918. The number of benzene rings is 1. The number of carboxylic acids is 1. The van der Waals surface area contributed by atoms with E-state index in [0.717, 1.165) is 25.9 Å². The number of likely N-dealkylation sites (tertiary alicyclic amines) is 1. The Hall–Kier alpha value is -1.75. The number of carboxylic acid groups (broad SMARTS) is 1. The molecule has 19 heavy (non-hydrogen) atoms. The number of amides is 1. The average molecular weight is 284 g/mol. The minimum Gasteiger partial charge on any atom is -0.483 e. The summed E-state index contributed by atoms with van der Waals surface area (Å²) in [5.74, 6) is -1.18. The zero-order valence-corrected chi connectivity index (χ0v) is 11.0. The molecule has 0 aromatic heterocycles. The van der Waals surface area contributed by atoms with Gasteiger partial charge in [0.05, 0.1) is 5.02 Å². The predicted octanol–water partition coefficient (Wildman–Crippen LogP) is 2.04. The lowest BCUT2D eigenvalue weighted by atomic mass is 10.2. The van der Waals surface area contributed by atoms with E-state index >= 15 is 0 Å². The molecule has 6 heteroatoms. The van der Waals surface area contributed by atoms with E-state index in [-0.39, 0.29) is 28.8 Å². The van der Waals surface area contributed by atoms with Gasteiger partial charge >= 0.3 is 5.97 Å². The number of aromatic carboxylic acids is 1. The number of hydrogen-bond donors (Lipinski definition) is 1. The molecule has 0 spiro atoms. The normalized spacial score (nSPS) is 14.5. The molecule has 1 aromatic rings. The molecule has 1 aliphatic rings. The van der Waals surface area contributed by atoms with Crippen molar-refractivity contribution in [3.05, 3.63) is 28.8 Å². The first-order chi connectivity index (χ1) is 9.09. The molecular formula is C13H14ClNO4. The highest BCUT2D eigenvalue weighted by Gasteiger charge is 2.20. The van der Waals surface area contributed by atoms with Gasteiger partial charge in [0.2, 0.25) is 0 Å². The molecule has 102 valence electrons. The Morgan fingerprint density at radius 2 is 2.00 bits per heavy atom. The summed E-state index contributed by atoms with van der Waals surface area (Å²) in [6, 6.07) is 4.55. The SMILES string of the molecule is O=C(O)c1c(Cl)cccc1OCC(=O)N1CCCC1. The Bertz CT molecular complexity index is 497. The molecule has 0 bridgehead atoms. The first-order valence-corrected chi connectivity index (χ1v) is 6.40. The number of halogens is 1. The van der Waals surface area contributed by atoms with E-state index < -0.39 is 5.97 Å². The third kappa shape index (κ3) is 3.17. The van der Waals surface area contributed by atoms with Gasteiger partial charge in [-0.3, -0.25) is 4.79 Å². The first kappa shape index (κ1) is 13.7. The van der Waals surface area contributed by atoms with Crippen molar-refractivity contribution in [2.75, 3.05) is 19.7 Å². The smallest absolute Gasteiger partial charge is 0.341 e. The standard InChI is InChI=1S/C13H14ClNO4/c14-9-4-3-5-10(12(9)13(17)18)19-8-11(16)15-6-1-2-7-15/h3-5H,1-2,6-8H2,(H,17,18). The van der Waals surface area contributed by atoms with Crippen LogP contribution < -0.4 is 4.74 Å². The van der Waals surface area contributed by atoms with Gasteiger partial charge in [-0.2, -0.15) is 0 Å². The first-order valence-electron chi connectivity index (χ1n) is 6.02. The van der Waals surface area contributed by atoms with Gasteiger partial charge in [-0.15, -0.1) is 0 Å². The van der Waals surface area contributed by atoms with Gasteiger partial charge in [0.25, 0.3) is 5.91 Å². The molecule has 0 aliphatic carbocycles. The number of rotatable bonds is 4. The maximum absolute atomic E-state index is 11.8. The molecule has 1 fully saturated rings. The molecule has 1 saturated heterocycles. The number of carbonyl (C=O) groups is 2. The molecule has 0 radical (unpaired) electrons. The van der Waals surface area contributed by atoms with Crippen LogP contribution in [-0.2, 0) is 4.79 Å². The van der Waals surface area contributed by atoms with Crippen LogP contribution in [0.25, 0.3) is 0 Å². The van der Waals surface area contributed by atoms with E-state index in [2.05, 4.69) is 0 Å². The van der Waals surface area contributed by atoms with Crippen molar-refractivity contribution in [1.29, 1.82) is 0 Å². The van der Waals surface area contributed by atoms with Crippen LogP contribution >= 0.6 is 11.6 Å². The molecular weight excluding hydrogens is 270 g/mol. The van der Waals surface area contributed by atoms with Gasteiger partial charge in [0.1, 0.15) is 11.3 Å². The average Bonchev–Trinajstić information content (AvgIpc) is 2.89. The highest BCUT2D eigenvalue weighted by molar-refractivity contribution is 6.33. The lowest BCUT2D eigenvalue weighted by molar-refractivity contribution is -0.132. The van der Waals surface area contributed by atoms with Crippen LogP contribution in [0.5, 0.6) is 5.75 Å². The van der Waals surface area contributed by atoms with Gasteiger partial charge in [-0.05, 0) is 25.0 Å². The molecule has 5 nitrogen and oxygen atoms in total. The molecule has 0 unspecified atom stereocenters. The summed E-state index contributed by atoms with van der Waals surface area (Å²) in [6.07, 6.45) is 2.01. The summed E-state index contributed by atoms with van der Waals surface area (Å²) in [5.41, 5.74) is -0.113. The van der Waals surface area contributed by atoms with E-state index in [1.165, 1.54) is 12.1 Å². The molecule has 1 N–H and O–H groups in total. The van der Waals surface area contributed by atoms with Gasteiger partial charge in [0.15, 0.2) is 6.61 Å². The third-order valence-electron chi connectivity index (χ3n) is 3.00. The van der Waals surface area contributed by atoms with Gasteiger partial charge in [0, 0.05) is 13.1 Å². The van der Waals surface area contributed by atoms with Crippen molar-refractivity contribution in [2.24, 2.45) is 0 Å². The van der Waals surface area contributed by atoms with E-state index in [4.69, 9.17) is 21.4 Å². The molecule has 2 rings (SSSR count). The van der Waals surface area contributed by atoms with Crippen molar-refractivity contribution in [3.63, 3.8) is 0 Å². The summed E-state index contributed by atoms with van der Waals surface area (Å²) < 4.78 is 5.30. The molecule has 1 amide bonds. The van der Waals surface area contributed by atoms with E-state index in [0.29, 0.717) is 0 Å². The Morgan fingerprint density at radius 3 is 2.63 bits per heavy atom. The van der Waals surface area contributed by atoms with Crippen LogP contribution in [0.2, 0.25) is 5.02 Å². The minimum atomic E-state index is -1.17. The fourth-order valence-corrected chi connectivity index (χ4v) is 2.28. The molecule has 0 atom stereocenters. The second-order valence-corrected chi connectivity index (χ2v) is 4.70. The maximum atomic E-state index is 11.8. The van der Waals surface area contributed by atoms with Gasteiger partial charge < -0.3 is 14.7 Å². The van der Waals surface area contributed by atoms with Crippen molar-refractivity contribution >= 4 is 23.5 Å². The van der Waals surface area contributed by atoms with Crippen LogP contribution in [0.3, 0.4) is 0 Å². The molecule has 1 aromatic carbocycles. The van der Waals surface area contributed by atoms with E-state index in [1.807, 2.05) is 0 Å². The maximum Gasteiger partial charge on any atom is 0.341 e. The van der Waals surface area contributed by atoms with Crippen LogP contribution in [0.1, 0.15) is 23.2 Å². The van der Waals surface area contributed by atoms with Crippen LogP contribution in [-0.4, -0.2) is 41.6 Å². The largest absolute Gasteiger partial charge is 0.483 e. The number of carbonyl (C=O) groups excluding carboxylic acids is 1. The van der Waals surface area contributed by atoms with Gasteiger partial charge in [-0.25, -0.2) is 4.79 Å². The van der Waals surface area contributed by atoms with Crippen LogP contribution in [0, 0.1) is 0 Å². The van der Waals surface area contributed by atoms with E-state index in [1.54, 1.807) is 11.0 Å². The second kappa shape index (κ2) is 5.93. The third-order valence-corrected chi connectivity index (χ3v) is 3.31. The lowest BCUT2D eigenvalue weighted by Crippen LogP contribution is -2.32. The molecule has 1 aliphatic heterocycles. The topological polar surface area (TPSA) is 66.8 Å². The van der Waals surface area contributed by atoms with E-state index in [9.17, 15) is 9.59 Å². The second-order valence-electron chi connectivity index (χ2n) is 4.29. The van der Waals surface area contributed by atoms with Crippen molar-refractivity contribution in [3.8, 4) is 5.75 Å². The summed E-state index contributed by atoms with van der Waals surface area (Å²) in [5, 5.41) is 9.16. The predicted molar refractivity (Wildman–Crippen MR) is 69.7 cm³/mol. The van der Waals surface area contributed by atoms with Crippen molar-refractivity contribution in [1.82, 2.24) is 4.90 Å². The van der Waals surface area contributed by atoms with Crippen molar-refractivity contribution < 1.29 is 19.4 Å². The van der Waals surface area contributed by atoms with Crippen LogP contribution in [0.4, 0.5) is 0 Å². The fourth-order valence-electron chi connectivity index (χ4n) is 2.03. The number of nitrogens with zero attached hydrogens (tertiary/aromatic N) is 1.